The van der Waals surface area contributed by atoms with Crippen molar-refractivity contribution in [3.63, 3.8) is 0 Å². The number of aliphatic carboxylic acids is 1. The maximum atomic E-state index is 12.2. The van der Waals surface area contributed by atoms with Crippen LogP contribution in [0.25, 0.3) is 0 Å². The predicted octanol–water partition coefficient (Wildman–Crippen LogP) is 2.29. The lowest BCUT2D eigenvalue weighted by Crippen LogP contribution is -2.49. The van der Waals surface area contributed by atoms with E-state index in [1.807, 2.05) is 18.2 Å². The van der Waals surface area contributed by atoms with E-state index in [1.165, 1.54) is 12.5 Å². The predicted molar refractivity (Wildman–Crippen MR) is 76.4 cm³/mol. The molecular formula is C16H21NO3. The van der Waals surface area contributed by atoms with Gasteiger partial charge < -0.3 is 10.0 Å². The van der Waals surface area contributed by atoms with Gasteiger partial charge in [-0.25, -0.2) is 0 Å². The van der Waals surface area contributed by atoms with E-state index in [4.69, 9.17) is 5.11 Å². The van der Waals surface area contributed by atoms with Gasteiger partial charge in [0, 0.05) is 18.5 Å². The van der Waals surface area contributed by atoms with Crippen molar-refractivity contribution in [2.24, 2.45) is 5.92 Å². The Bertz CT molecular complexity index is 500. The van der Waals surface area contributed by atoms with Gasteiger partial charge in [0.1, 0.15) is 5.92 Å². The van der Waals surface area contributed by atoms with Crippen molar-refractivity contribution in [2.45, 2.75) is 32.1 Å². The van der Waals surface area contributed by atoms with Crippen LogP contribution in [-0.2, 0) is 15.0 Å². The van der Waals surface area contributed by atoms with Gasteiger partial charge in [0.15, 0.2) is 0 Å². The molecule has 0 bridgehead atoms. The molecule has 1 aliphatic rings. The quantitative estimate of drug-likeness (QED) is 0.861. The van der Waals surface area contributed by atoms with E-state index in [2.05, 4.69) is 19.1 Å². The molecule has 0 saturated carbocycles. The highest BCUT2D eigenvalue weighted by Gasteiger charge is 2.36. The second-order valence-electron chi connectivity index (χ2n) is 5.85. The molecule has 108 valence electrons. The molecule has 2 unspecified atom stereocenters. The first-order chi connectivity index (χ1) is 9.44. The average molecular weight is 275 g/mol. The summed E-state index contributed by atoms with van der Waals surface area (Å²) in [4.78, 5) is 24.9. The number of carboxylic acid groups (broad SMARTS) is 1. The van der Waals surface area contributed by atoms with Gasteiger partial charge in [-0.2, -0.15) is 0 Å². The lowest BCUT2D eigenvalue weighted by Gasteiger charge is -2.41. The molecule has 1 heterocycles. The van der Waals surface area contributed by atoms with Crippen LogP contribution < -0.4 is 0 Å². The summed E-state index contributed by atoms with van der Waals surface area (Å²) >= 11 is 0. The Morgan fingerprint density at radius 3 is 2.55 bits per heavy atom. The normalized spacial score (nSPS) is 24.2. The molecule has 0 aliphatic carbocycles. The monoisotopic (exact) mass is 275 g/mol. The molecule has 1 saturated heterocycles. The van der Waals surface area contributed by atoms with Crippen LogP contribution in [0.4, 0.5) is 0 Å². The van der Waals surface area contributed by atoms with Gasteiger partial charge in [0.2, 0.25) is 5.91 Å². The summed E-state index contributed by atoms with van der Waals surface area (Å²) in [5, 5.41) is 8.98. The first-order valence-electron chi connectivity index (χ1n) is 7.01. The molecule has 4 heteroatoms. The first-order valence-corrected chi connectivity index (χ1v) is 7.01. The third kappa shape index (κ3) is 2.84. The van der Waals surface area contributed by atoms with E-state index >= 15 is 0 Å². The zero-order valence-electron chi connectivity index (χ0n) is 12.0. The van der Waals surface area contributed by atoms with Crippen LogP contribution in [0.1, 0.15) is 32.3 Å². The molecule has 20 heavy (non-hydrogen) atoms. The number of hydrogen-bond acceptors (Lipinski definition) is 2. The van der Waals surface area contributed by atoms with Crippen molar-refractivity contribution in [1.82, 2.24) is 4.90 Å². The van der Waals surface area contributed by atoms with Crippen LogP contribution in [0.5, 0.6) is 0 Å². The third-order valence-corrected chi connectivity index (χ3v) is 4.22. The number of amides is 1. The van der Waals surface area contributed by atoms with Crippen molar-refractivity contribution >= 4 is 11.9 Å². The highest BCUT2D eigenvalue weighted by atomic mass is 16.4. The van der Waals surface area contributed by atoms with E-state index in [1.54, 1.807) is 4.90 Å². The maximum absolute atomic E-state index is 12.2. The summed E-state index contributed by atoms with van der Waals surface area (Å²) in [5.41, 5.74) is 1.12. The summed E-state index contributed by atoms with van der Waals surface area (Å²) in [6, 6.07) is 10.1. The highest BCUT2D eigenvalue weighted by molar-refractivity contribution is 5.96. The van der Waals surface area contributed by atoms with Gasteiger partial charge in [0.05, 0.1) is 0 Å². The van der Waals surface area contributed by atoms with Crippen molar-refractivity contribution in [2.75, 3.05) is 13.1 Å². The van der Waals surface area contributed by atoms with Crippen LogP contribution in [0.15, 0.2) is 30.3 Å². The molecule has 1 fully saturated rings. The molecule has 0 spiro atoms. The molecule has 1 aromatic rings. The summed E-state index contributed by atoms with van der Waals surface area (Å²) in [6.45, 7) is 4.85. The minimum absolute atomic E-state index is 0.0899. The van der Waals surface area contributed by atoms with E-state index in [0.717, 1.165) is 12.8 Å². The van der Waals surface area contributed by atoms with Gasteiger partial charge in [0.25, 0.3) is 0 Å². The average Bonchev–Trinajstić information content (AvgIpc) is 2.46. The number of carboxylic acids is 1. The van der Waals surface area contributed by atoms with Crippen molar-refractivity contribution in [3.8, 4) is 0 Å². The number of carbonyl (C=O) groups excluding carboxylic acids is 1. The van der Waals surface area contributed by atoms with Gasteiger partial charge in [-0.3, -0.25) is 9.59 Å². The van der Waals surface area contributed by atoms with E-state index in [9.17, 15) is 9.59 Å². The van der Waals surface area contributed by atoms with Gasteiger partial charge in [-0.15, -0.1) is 0 Å². The Hall–Kier alpha value is -1.84. The van der Waals surface area contributed by atoms with Crippen LogP contribution in [0.3, 0.4) is 0 Å². The Kier molecular flexibility index (Phi) is 4.12. The topological polar surface area (TPSA) is 57.6 Å². The van der Waals surface area contributed by atoms with E-state index in [-0.39, 0.29) is 11.3 Å². The Morgan fingerprint density at radius 1 is 1.30 bits per heavy atom. The lowest BCUT2D eigenvalue weighted by atomic mass is 9.75. The number of rotatable bonds is 3. The van der Waals surface area contributed by atoms with Crippen molar-refractivity contribution in [1.29, 1.82) is 0 Å². The lowest BCUT2D eigenvalue weighted by molar-refractivity contribution is -0.151. The fourth-order valence-corrected chi connectivity index (χ4v) is 2.88. The number of carbonyl (C=O) groups is 2. The smallest absolute Gasteiger partial charge is 0.315 e. The Labute approximate surface area is 119 Å². The van der Waals surface area contributed by atoms with Crippen LogP contribution >= 0.6 is 0 Å². The number of benzene rings is 1. The molecule has 2 atom stereocenters. The number of hydrogen-bond donors (Lipinski definition) is 1. The zero-order valence-corrected chi connectivity index (χ0v) is 12.0. The summed E-state index contributed by atoms with van der Waals surface area (Å²) in [5.74, 6) is -2.30. The SMILES string of the molecule is CC(C(=O)O)C(=O)N1CCCC(C)(c2ccccc2)C1. The largest absolute Gasteiger partial charge is 0.481 e. The standard InChI is InChI=1S/C16H21NO3/c1-12(15(19)20)14(18)17-10-6-9-16(2,11-17)13-7-4-3-5-8-13/h3-5,7-8,12H,6,9-11H2,1-2H3,(H,19,20). The number of piperidine rings is 1. The molecule has 1 aliphatic heterocycles. The van der Waals surface area contributed by atoms with Gasteiger partial charge >= 0.3 is 5.97 Å². The summed E-state index contributed by atoms with van der Waals surface area (Å²) in [6.07, 6.45) is 1.92. The fourth-order valence-electron chi connectivity index (χ4n) is 2.88. The van der Waals surface area contributed by atoms with E-state index in [0.29, 0.717) is 13.1 Å². The van der Waals surface area contributed by atoms with Crippen LogP contribution in [0, 0.1) is 5.92 Å². The van der Waals surface area contributed by atoms with E-state index < -0.39 is 11.9 Å². The van der Waals surface area contributed by atoms with Crippen molar-refractivity contribution < 1.29 is 14.7 Å². The molecule has 1 amide bonds. The highest BCUT2D eigenvalue weighted by Crippen LogP contribution is 2.33. The number of nitrogens with zero attached hydrogens (tertiary/aromatic N) is 1. The minimum Gasteiger partial charge on any atom is -0.481 e. The fraction of sp³-hybridized carbons (Fsp3) is 0.500. The van der Waals surface area contributed by atoms with Crippen LogP contribution in [-0.4, -0.2) is 35.0 Å². The molecule has 0 radical (unpaired) electrons. The molecule has 4 nitrogen and oxygen atoms in total. The number of likely N-dealkylation sites (tertiary alicyclic amines) is 1. The zero-order chi connectivity index (χ0) is 14.8. The van der Waals surface area contributed by atoms with Gasteiger partial charge in [-0.05, 0) is 25.3 Å². The summed E-state index contributed by atoms with van der Waals surface area (Å²) < 4.78 is 0. The Balaban J connectivity index is 2.16. The Morgan fingerprint density at radius 2 is 1.95 bits per heavy atom. The molecule has 2 rings (SSSR count). The van der Waals surface area contributed by atoms with Crippen LogP contribution in [0.2, 0.25) is 0 Å². The van der Waals surface area contributed by atoms with Crippen molar-refractivity contribution in [3.05, 3.63) is 35.9 Å². The molecule has 1 aromatic carbocycles. The second kappa shape index (κ2) is 5.65. The minimum atomic E-state index is -1.05. The molecule has 0 aromatic heterocycles. The van der Waals surface area contributed by atoms with Gasteiger partial charge in [-0.1, -0.05) is 37.3 Å². The first kappa shape index (κ1) is 14.6. The molecule has 1 N–H and O–H groups in total. The summed E-state index contributed by atoms with van der Waals surface area (Å²) in [7, 11) is 0. The molecular weight excluding hydrogens is 254 g/mol. The second-order valence-corrected chi connectivity index (χ2v) is 5.85. The maximum Gasteiger partial charge on any atom is 0.315 e. The third-order valence-electron chi connectivity index (χ3n) is 4.22.